The molecule has 1 atom stereocenters. The van der Waals surface area contributed by atoms with E-state index in [-0.39, 0.29) is 19.1 Å². The van der Waals surface area contributed by atoms with Crippen molar-refractivity contribution in [2.45, 2.75) is 33.0 Å². The number of aromatic nitrogens is 1. The van der Waals surface area contributed by atoms with Crippen molar-refractivity contribution in [3.05, 3.63) is 29.6 Å². The summed E-state index contributed by atoms with van der Waals surface area (Å²) in [6.45, 7) is 6.79. The number of carboxylic acid groups (broad SMARTS) is 2. The minimum absolute atomic E-state index is 0.0541. The normalized spacial score (nSPS) is 20.8. The zero-order valence-electron chi connectivity index (χ0n) is 16.3. The molecular weight excluding hydrogens is 348 g/mol. The number of carbonyl (C=O) groups is 2. The first-order chi connectivity index (χ1) is 12.7. The molecule has 0 spiro atoms. The highest BCUT2D eigenvalue weighted by Gasteiger charge is 2.25. The van der Waals surface area contributed by atoms with Crippen LogP contribution in [0.5, 0.6) is 0 Å². The largest absolute Gasteiger partial charge is 0.480 e. The predicted octanol–water partition coefficient (Wildman–Crippen LogP) is 0.825. The summed E-state index contributed by atoms with van der Waals surface area (Å²) in [4.78, 5) is 33.2. The second-order valence-corrected chi connectivity index (χ2v) is 7.58. The second kappa shape index (κ2) is 9.77. The molecule has 1 aromatic rings. The fraction of sp³-hybridized carbons (Fsp3) is 0.632. The van der Waals surface area contributed by atoms with Gasteiger partial charge >= 0.3 is 11.9 Å². The third-order valence-corrected chi connectivity index (χ3v) is 4.89. The maximum atomic E-state index is 11.3. The Hall–Kier alpha value is -2.03. The molecule has 2 heterocycles. The van der Waals surface area contributed by atoms with Crippen molar-refractivity contribution >= 4 is 11.9 Å². The molecule has 1 aliphatic heterocycles. The Morgan fingerprint density at radius 3 is 2.22 bits per heavy atom. The number of likely N-dealkylation sites (N-methyl/N-ethyl adjacent to an activating group) is 1. The molecule has 2 N–H and O–H groups in total. The van der Waals surface area contributed by atoms with Crippen LogP contribution in [0.1, 0.15) is 25.2 Å². The first-order valence-corrected chi connectivity index (χ1v) is 9.28. The Morgan fingerprint density at radius 2 is 1.63 bits per heavy atom. The van der Waals surface area contributed by atoms with Crippen LogP contribution in [0.4, 0.5) is 0 Å². The van der Waals surface area contributed by atoms with Crippen LogP contribution >= 0.6 is 0 Å². The highest BCUT2D eigenvalue weighted by molar-refractivity contribution is 5.69. The molecule has 27 heavy (non-hydrogen) atoms. The summed E-state index contributed by atoms with van der Waals surface area (Å²) in [5.74, 6) is -1.43. The maximum Gasteiger partial charge on any atom is 0.317 e. The Balaban J connectivity index is 2.31. The van der Waals surface area contributed by atoms with Crippen molar-refractivity contribution in [2.75, 3.05) is 39.8 Å². The quantitative estimate of drug-likeness (QED) is 0.777. The van der Waals surface area contributed by atoms with E-state index in [2.05, 4.69) is 18.7 Å². The standard InChI is InChI=1S/C19H30N4O4/c1-14(2)17-11-23(13-19(26)27)8-7-22(12-18(24)25)10-16-6-4-5-15(20-16)9-21(17)3/h4-6,14,17H,7-13H2,1-3H3,(H,24,25)(H,26,27). The first-order valence-electron chi connectivity index (χ1n) is 9.28. The van der Waals surface area contributed by atoms with Gasteiger partial charge in [0.2, 0.25) is 0 Å². The van der Waals surface area contributed by atoms with Gasteiger partial charge in [0.05, 0.1) is 24.5 Å². The summed E-state index contributed by atoms with van der Waals surface area (Å²) < 4.78 is 0. The summed E-state index contributed by atoms with van der Waals surface area (Å²) >= 11 is 0. The molecule has 2 bridgehead atoms. The van der Waals surface area contributed by atoms with Gasteiger partial charge in [-0.3, -0.25) is 29.3 Å². The van der Waals surface area contributed by atoms with E-state index >= 15 is 0 Å². The van der Waals surface area contributed by atoms with Crippen molar-refractivity contribution < 1.29 is 19.8 Å². The zero-order chi connectivity index (χ0) is 20.0. The fourth-order valence-corrected chi connectivity index (χ4v) is 3.55. The van der Waals surface area contributed by atoms with E-state index in [1.807, 2.05) is 30.1 Å². The lowest BCUT2D eigenvalue weighted by Gasteiger charge is -2.36. The molecule has 0 radical (unpaired) electrons. The van der Waals surface area contributed by atoms with Gasteiger partial charge < -0.3 is 10.2 Å². The van der Waals surface area contributed by atoms with Gasteiger partial charge in [-0.2, -0.15) is 0 Å². The van der Waals surface area contributed by atoms with Crippen molar-refractivity contribution in [3.63, 3.8) is 0 Å². The molecule has 0 amide bonds. The number of fused-ring (bicyclic) bond motifs is 2. The average Bonchev–Trinajstić information content (AvgIpc) is 2.55. The number of rotatable bonds is 5. The topological polar surface area (TPSA) is 97.2 Å². The monoisotopic (exact) mass is 378 g/mol. The van der Waals surface area contributed by atoms with Crippen LogP contribution in [-0.4, -0.2) is 87.6 Å². The van der Waals surface area contributed by atoms with Crippen LogP contribution in [0.2, 0.25) is 0 Å². The van der Waals surface area contributed by atoms with Gasteiger partial charge in [-0.25, -0.2) is 0 Å². The number of hydrogen-bond donors (Lipinski definition) is 2. The first kappa shape index (κ1) is 21.3. The minimum atomic E-state index is -0.900. The molecule has 1 aliphatic rings. The molecule has 8 heteroatoms. The number of carboxylic acids is 2. The van der Waals surface area contributed by atoms with Gasteiger partial charge in [0.15, 0.2) is 0 Å². The lowest BCUT2D eigenvalue weighted by Crippen LogP contribution is -2.48. The Morgan fingerprint density at radius 1 is 1.07 bits per heavy atom. The van der Waals surface area contributed by atoms with E-state index in [9.17, 15) is 19.8 Å². The molecule has 0 saturated carbocycles. The second-order valence-electron chi connectivity index (χ2n) is 7.58. The van der Waals surface area contributed by atoms with E-state index in [0.29, 0.717) is 38.6 Å². The SMILES string of the molecule is CC(C)C1CN(CC(=O)O)CCN(CC(=O)O)Cc2cccc(n2)CN1C. The molecule has 0 aliphatic carbocycles. The molecule has 2 rings (SSSR count). The molecule has 150 valence electrons. The lowest BCUT2D eigenvalue weighted by molar-refractivity contribution is -0.140. The van der Waals surface area contributed by atoms with Crippen LogP contribution in [-0.2, 0) is 22.7 Å². The summed E-state index contributed by atoms with van der Waals surface area (Å²) in [7, 11) is 2.04. The molecule has 0 saturated heterocycles. The maximum absolute atomic E-state index is 11.3. The number of pyridine rings is 1. The molecule has 1 unspecified atom stereocenters. The summed E-state index contributed by atoms with van der Waals surface area (Å²) in [6, 6.07) is 6.00. The Kier molecular flexibility index (Phi) is 7.70. The van der Waals surface area contributed by atoms with Gasteiger partial charge in [0.1, 0.15) is 0 Å². The number of aliphatic carboxylic acids is 2. The molecule has 0 aromatic carbocycles. The van der Waals surface area contributed by atoms with Gasteiger partial charge in [0, 0.05) is 38.8 Å². The summed E-state index contributed by atoms with van der Waals surface area (Å²) in [6.07, 6.45) is 0. The van der Waals surface area contributed by atoms with Crippen molar-refractivity contribution in [1.29, 1.82) is 0 Å². The van der Waals surface area contributed by atoms with Crippen molar-refractivity contribution in [3.8, 4) is 0 Å². The number of hydrogen-bond acceptors (Lipinski definition) is 6. The smallest absolute Gasteiger partial charge is 0.317 e. The Bertz CT molecular complexity index is 652. The van der Waals surface area contributed by atoms with Crippen LogP contribution in [0.3, 0.4) is 0 Å². The van der Waals surface area contributed by atoms with Crippen LogP contribution < -0.4 is 0 Å². The zero-order valence-corrected chi connectivity index (χ0v) is 16.3. The van der Waals surface area contributed by atoms with E-state index < -0.39 is 11.9 Å². The van der Waals surface area contributed by atoms with Crippen molar-refractivity contribution in [1.82, 2.24) is 19.7 Å². The summed E-state index contributed by atoms with van der Waals surface area (Å²) in [5.41, 5.74) is 1.76. The third-order valence-electron chi connectivity index (χ3n) is 4.89. The molecule has 8 nitrogen and oxygen atoms in total. The van der Waals surface area contributed by atoms with Crippen molar-refractivity contribution in [2.24, 2.45) is 5.92 Å². The Labute approximate surface area is 160 Å². The summed E-state index contributed by atoms with van der Waals surface area (Å²) in [5, 5.41) is 18.5. The predicted molar refractivity (Wildman–Crippen MR) is 101 cm³/mol. The van der Waals surface area contributed by atoms with Gasteiger partial charge in [-0.15, -0.1) is 0 Å². The van der Waals surface area contributed by atoms with Crippen LogP contribution in [0, 0.1) is 5.92 Å². The van der Waals surface area contributed by atoms with Gasteiger partial charge in [-0.1, -0.05) is 19.9 Å². The van der Waals surface area contributed by atoms with Gasteiger partial charge in [-0.05, 0) is 25.1 Å². The molecule has 0 fully saturated rings. The van der Waals surface area contributed by atoms with Crippen LogP contribution in [0.15, 0.2) is 18.2 Å². The van der Waals surface area contributed by atoms with E-state index in [1.165, 1.54) is 0 Å². The lowest BCUT2D eigenvalue weighted by atomic mass is 10.0. The van der Waals surface area contributed by atoms with Crippen LogP contribution in [0.25, 0.3) is 0 Å². The fourth-order valence-electron chi connectivity index (χ4n) is 3.55. The van der Waals surface area contributed by atoms with E-state index in [1.54, 1.807) is 4.90 Å². The van der Waals surface area contributed by atoms with E-state index in [0.717, 1.165) is 11.4 Å². The number of nitrogens with zero attached hydrogens (tertiary/aromatic N) is 4. The average molecular weight is 378 g/mol. The van der Waals surface area contributed by atoms with E-state index in [4.69, 9.17) is 4.98 Å². The molecule has 1 aromatic heterocycles. The highest BCUT2D eigenvalue weighted by atomic mass is 16.4. The molecular formula is C19H30N4O4. The third kappa shape index (κ3) is 6.89. The highest BCUT2D eigenvalue weighted by Crippen LogP contribution is 2.16. The van der Waals surface area contributed by atoms with Gasteiger partial charge in [0.25, 0.3) is 0 Å². The minimum Gasteiger partial charge on any atom is -0.480 e.